The standard InChI is InChI=1S/C11H11BrN2O4S3/c1-7-8(3-2-4-9(7)20(13,15)16)14-21(17,18)11-6-5-10(12)19-11/h2-6,14H,1H3,(H2,13,15,16). The van der Waals surface area contributed by atoms with Crippen molar-refractivity contribution in [3.05, 3.63) is 39.7 Å². The zero-order valence-electron chi connectivity index (χ0n) is 10.7. The van der Waals surface area contributed by atoms with Gasteiger partial charge in [-0.3, -0.25) is 4.72 Å². The summed E-state index contributed by atoms with van der Waals surface area (Å²) >= 11 is 4.25. The number of halogens is 1. The van der Waals surface area contributed by atoms with E-state index < -0.39 is 20.0 Å². The van der Waals surface area contributed by atoms with Crippen LogP contribution in [0.25, 0.3) is 0 Å². The van der Waals surface area contributed by atoms with Crippen LogP contribution in [0.15, 0.2) is 43.2 Å². The summed E-state index contributed by atoms with van der Waals surface area (Å²) in [6, 6.07) is 7.30. The molecule has 3 N–H and O–H groups in total. The number of anilines is 1. The quantitative estimate of drug-likeness (QED) is 0.805. The fourth-order valence-electron chi connectivity index (χ4n) is 1.67. The molecule has 0 fully saturated rings. The number of rotatable bonds is 4. The fraction of sp³-hybridized carbons (Fsp3) is 0.0909. The molecule has 6 nitrogen and oxygen atoms in total. The predicted octanol–water partition coefficient (Wildman–Crippen LogP) is 2.27. The molecule has 21 heavy (non-hydrogen) atoms. The average molecular weight is 411 g/mol. The van der Waals surface area contributed by atoms with Gasteiger partial charge in [0.2, 0.25) is 10.0 Å². The van der Waals surface area contributed by atoms with Crippen molar-refractivity contribution in [2.45, 2.75) is 16.0 Å². The molecule has 0 radical (unpaired) electrons. The van der Waals surface area contributed by atoms with Crippen LogP contribution in [-0.4, -0.2) is 16.8 Å². The van der Waals surface area contributed by atoms with Gasteiger partial charge in [0.1, 0.15) is 4.21 Å². The van der Waals surface area contributed by atoms with Gasteiger partial charge in [-0.25, -0.2) is 22.0 Å². The molecule has 0 saturated heterocycles. The lowest BCUT2D eigenvalue weighted by Gasteiger charge is -2.11. The van der Waals surface area contributed by atoms with Crippen LogP contribution in [0.1, 0.15) is 5.56 Å². The number of primary sulfonamides is 1. The molecule has 114 valence electrons. The van der Waals surface area contributed by atoms with E-state index in [-0.39, 0.29) is 20.4 Å². The Hall–Kier alpha value is -0.940. The van der Waals surface area contributed by atoms with E-state index in [1.807, 2.05) is 0 Å². The van der Waals surface area contributed by atoms with E-state index in [2.05, 4.69) is 20.7 Å². The number of benzene rings is 1. The van der Waals surface area contributed by atoms with Gasteiger partial charge in [-0.2, -0.15) is 0 Å². The summed E-state index contributed by atoms with van der Waals surface area (Å²) < 4.78 is 50.5. The van der Waals surface area contributed by atoms with Crippen LogP contribution < -0.4 is 9.86 Å². The van der Waals surface area contributed by atoms with E-state index in [0.717, 1.165) is 11.3 Å². The highest BCUT2D eigenvalue weighted by Crippen LogP contribution is 2.29. The van der Waals surface area contributed by atoms with Crippen LogP contribution >= 0.6 is 27.3 Å². The van der Waals surface area contributed by atoms with Crippen molar-refractivity contribution in [1.82, 2.24) is 0 Å². The molecule has 2 rings (SSSR count). The van der Waals surface area contributed by atoms with Crippen molar-refractivity contribution in [2.24, 2.45) is 5.14 Å². The fourth-order valence-corrected chi connectivity index (χ4v) is 5.61. The molecule has 0 atom stereocenters. The molecule has 0 amide bonds. The molecule has 0 saturated carbocycles. The first kappa shape index (κ1) is 16.4. The minimum absolute atomic E-state index is 0.116. The minimum atomic E-state index is -3.91. The molecular formula is C11H11BrN2O4S3. The number of nitrogens with one attached hydrogen (secondary N) is 1. The lowest BCUT2D eigenvalue weighted by Crippen LogP contribution is -2.17. The Morgan fingerprint density at radius 1 is 1.14 bits per heavy atom. The number of sulfonamides is 2. The molecule has 0 aliphatic heterocycles. The van der Waals surface area contributed by atoms with Crippen LogP contribution in [-0.2, 0) is 20.0 Å². The van der Waals surface area contributed by atoms with Gasteiger partial charge in [-0.15, -0.1) is 11.3 Å². The second-order valence-electron chi connectivity index (χ2n) is 4.14. The van der Waals surface area contributed by atoms with Crippen LogP contribution in [0.2, 0.25) is 0 Å². The maximum atomic E-state index is 12.2. The molecule has 2 aromatic rings. The summed E-state index contributed by atoms with van der Waals surface area (Å²) in [4.78, 5) is -0.116. The highest BCUT2D eigenvalue weighted by atomic mass is 79.9. The van der Waals surface area contributed by atoms with E-state index >= 15 is 0 Å². The first-order valence-corrected chi connectivity index (χ1v) is 10.2. The first-order valence-electron chi connectivity index (χ1n) is 5.52. The maximum Gasteiger partial charge on any atom is 0.271 e. The van der Waals surface area contributed by atoms with Gasteiger partial charge in [-0.05, 0) is 52.7 Å². The second kappa shape index (κ2) is 5.69. The van der Waals surface area contributed by atoms with E-state index in [9.17, 15) is 16.8 Å². The molecule has 1 aromatic carbocycles. The van der Waals surface area contributed by atoms with Gasteiger partial charge >= 0.3 is 0 Å². The summed E-state index contributed by atoms with van der Waals surface area (Å²) in [7, 11) is -7.69. The molecule has 0 aliphatic carbocycles. The smallest absolute Gasteiger partial charge is 0.271 e. The van der Waals surface area contributed by atoms with E-state index in [1.165, 1.54) is 31.2 Å². The highest BCUT2D eigenvalue weighted by Gasteiger charge is 2.20. The summed E-state index contributed by atoms with van der Waals surface area (Å²) in [6.07, 6.45) is 0. The first-order chi connectivity index (χ1) is 9.61. The second-order valence-corrected chi connectivity index (χ2v) is 10.0. The number of hydrogen-bond acceptors (Lipinski definition) is 5. The third-order valence-corrected chi connectivity index (χ3v) is 7.18. The Labute approximate surface area is 135 Å². The topological polar surface area (TPSA) is 106 Å². The summed E-state index contributed by atoms with van der Waals surface area (Å²) in [5.74, 6) is 0. The van der Waals surface area contributed by atoms with E-state index in [1.54, 1.807) is 6.07 Å². The summed E-state index contributed by atoms with van der Waals surface area (Å²) in [6.45, 7) is 1.49. The normalized spacial score (nSPS) is 12.3. The monoisotopic (exact) mass is 410 g/mol. The van der Waals surface area contributed by atoms with Crippen molar-refractivity contribution in [2.75, 3.05) is 4.72 Å². The van der Waals surface area contributed by atoms with E-state index in [4.69, 9.17) is 5.14 Å². The van der Waals surface area contributed by atoms with Crippen molar-refractivity contribution >= 4 is 53.0 Å². The number of nitrogens with two attached hydrogens (primary N) is 1. The van der Waals surface area contributed by atoms with Gasteiger partial charge in [0.15, 0.2) is 0 Å². The summed E-state index contributed by atoms with van der Waals surface area (Å²) in [5, 5.41) is 5.10. The Balaban J connectivity index is 2.46. The Morgan fingerprint density at radius 2 is 1.81 bits per heavy atom. The van der Waals surface area contributed by atoms with Crippen LogP contribution in [0.5, 0.6) is 0 Å². The molecular weight excluding hydrogens is 400 g/mol. The largest absolute Gasteiger partial charge is 0.279 e. The van der Waals surface area contributed by atoms with Gasteiger partial charge < -0.3 is 0 Å². The minimum Gasteiger partial charge on any atom is -0.279 e. The lowest BCUT2D eigenvalue weighted by atomic mass is 10.2. The summed E-state index contributed by atoms with van der Waals surface area (Å²) in [5.41, 5.74) is 0.422. The van der Waals surface area contributed by atoms with Crippen molar-refractivity contribution in [3.8, 4) is 0 Å². The SMILES string of the molecule is Cc1c(NS(=O)(=O)c2ccc(Br)s2)cccc1S(N)(=O)=O. The molecule has 10 heteroatoms. The number of thiophene rings is 1. The van der Waals surface area contributed by atoms with E-state index in [0.29, 0.717) is 3.79 Å². The Kier molecular flexibility index (Phi) is 4.45. The predicted molar refractivity (Wildman–Crippen MR) is 85.4 cm³/mol. The zero-order valence-corrected chi connectivity index (χ0v) is 14.7. The zero-order chi connectivity index (χ0) is 15.8. The molecule has 0 spiro atoms. The van der Waals surface area contributed by atoms with Crippen molar-refractivity contribution in [1.29, 1.82) is 0 Å². The lowest BCUT2D eigenvalue weighted by molar-refractivity contribution is 0.596. The third kappa shape index (κ3) is 3.64. The van der Waals surface area contributed by atoms with Crippen molar-refractivity contribution < 1.29 is 16.8 Å². The van der Waals surface area contributed by atoms with Crippen LogP contribution in [0.3, 0.4) is 0 Å². The molecule has 0 unspecified atom stereocenters. The molecule has 0 bridgehead atoms. The third-order valence-electron chi connectivity index (χ3n) is 2.65. The van der Waals surface area contributed by atoms with Crippen molar-refractivity contribution in [3.63, 3.8) is 0 Å². The van der Waals surface area contributed by atoms with Gasteiger partial charge in [0, 0.05) is 0 Å². The van der Waals surface area contributed by atoms with Gasteiger partial charge in [0.25, 0.3) is 10.0 Å². The molecule has 0 aliphatic rings. The van der Waals surface area contributed by atoms with Gasteiger partial charge in [-0.1, -0.05) is 6.07 Å². The average Bonchev–Trinajstić information content (AvgIpc) is 2.78. The van der Waals surface area contributed by atoms with Crippen LogP contribution in [0, 0.1) is 6.92 Å². The molecule has 1 heterocycles. The Bertz CT molecular complexity index is 888. The number of hydrogen-bond donors (Lipinski definition) is 2. The maximum absolute atomic E-state index is 12.2. The van der Waals surface area contributed by atoms with Gasteiger partial charge in [0.05, 0.1) is 14.4 Å². The highest BCUT2D eigenvalue weighted by molar-refractivity contribution is 9.11. The Morgan fingerprint density at radius 3 is 2.33 bits per heavy atom. The van der Waals surface area contributed by atoms with Crippen LogP contribution in [0.4, 0.5) is 5.69 Å². The molecule has 1 aromatic heterocycles.